The van der Waals surface area contributed by atoms with Crippen molar-refractivity contribution in [1.29, 1.82) is 0 Å². The second kappa shape index (κ2) is 6.15. The van der Waals surface area contributed by atoms with E-state index in [0.29, 0.717) is 6.42 Å². The van der Waals surface area contributed by atoms with Crippen molar-refractivity contribution in [2.24, 2.45) is 7.05 Å². The molecule has 1 aliphatic rings. The lowest BCUT2D eigenvalue weighted by Gasteiger charge is -2.26. The van der Waals surface area contributed by atoms with Crippen LogP contribution in [0.15, 0.2) is 11.2 Å². The van der Waals surface area contributed by atoms with Crippen LogP contribution >= 0.6 is 23.4 Å². The van der Waals surface area contributed by atoms with Gasteiger partial charge in [0.15, 0.2) is 5.03 Å². The first-order valence-electron chi connectivity index (χ1n) is 6.36. The molecule has 0 aromatic carbocycles. The zero-order chi connectivity index (χ0) is 15.8. The molecule has 0 bridgehead atoms. The second-order valence-electron chi connectivity index (χ2n) is 4.69. The number of halogens is 1. The SMILES string of the molecule is CCCC1SCC(C(=O)O)N1S(=O)(=O)c1c(Cl)cnn1C. The molecule has 1 aliphatic heterocycles. The third kappa shape index (κ3) is 2.92. The van der Waals surface area contributed by atoms with Gasteiger partial charge in [0.25, 0.3) is 10.0 Å². The topological polar surface area (TPSA) is 92.5 Å². The molecule has 0 amide bonds. The van der Waals surface area contributed by atoms with E-state index in [2.05, 4.69) is 5.10 Å². The van der Waals surface area contributed by atoms with Crippen LogP contribution in [0.5, 0.6) is 0 Å². The maximum Gasteiger partial charge on any atom is 0.322 e. The third-order valence-electron chi connectivity index (χ3n) is 3.22. The molecule has 2 heterocycles. The number of nitrogens with zero attached hydrogens (tertiary/aromatic N) is 3. The number of hydrogen-bond acceptors (Lipinski definition) is 5. The van der Waals surface area contributed by atoms with Crippen LogP contribution in [0.2, 0.25) is 5.02 Å². The van der Waals surface area contributed by atoms with E-state index in [9.17, 15) is 18.3 Å². The molecule has 118 valence electrons. The number of rotatable bonds is 5. The number of aryl methyl sites for hydroxylation is 1. The molecule has 1 N–H and O–H groups in total. The number of aliphatic carboxylic acids is 1. The van der Waals surface area contributed by atoms with E-state index >= 15 is 0 Å². The molecule has 1 fully saturated rings. The first-order valence-corrected chi connectivity index (χ1v) is 9.22. The molecule has 1 aromatic rings. The Bertz CT molecular complexity index is 626. The Labute approximate surface area is 132 Å². The van der Waals surface area contributed by atoms with Crippen LogP contribution in [0.4, 0.5) is 0 Å². The minimum absolute atomic E-state index is 0.00575. The highest BCUT2D eigenvalue weighted by Gasteiger charge is 2.47. The highest BCUT2D eigenvalue weighted by molar-refractivity contribution is 8.01. The fourth-order valence-corrected chi connectivity index (χ4v) is 6.57. The molecule has 1 aromatic heterocycles. The minimum atomic E-state index is -4.02. The Morgan fingerprint density at radius 2 is 2.29 bits per heavy atom. The maximum atomic E-state index is 12.8. The van der Waals surface area contributed by atoms with Gasteiger partial charge in [0.2, 0.25) is 0 Å². The molecular weight excluding hydrogens is 338 g/mol. The highest BCUT2D eigenvalue weighted by Crippen LogP contribution is 2.38. The summed E-state index contributed by atoms with van der Waals surface area (Å²) in [7, 11) is -2.56. The number of sulfonamides is 1. The quantitative estimate of drug-likeness (QED) is 0.859. The van der Waals surface area contributed by atoms with Crippen molar-refractivity contribution >= 4 is 39.4 Å². The van der Waals surface area contributed by atoms with Gasteiger partial charge in [-0.05, 0) is 6.42 Å². The van der Waals surface area contributed by atoms with E-state index in [4.69, 9.17) is 11.6 Å². The van der Waals surface area contributed by atoms with Crippen LogP contribution in [-0.2, 0) is 21.9 Å². The molecule has 21 heavy (non-hydrogen) atoms. The predicted octanol–water partition coefficient (Wildman–Crippen LogP) is 1.39. The van der Waals surface area contributed by atoms with Crippen molar-refractivity contribution in [2.75, 3.05) is 5.75 Å². The summed E-state index contributed by atoms with van der Waals surface area (Å²) in [6.45, 7) is 1.93. The zero-order valence-electron chi connectivity index (χ0n) is 11.6. The standard InChI is InChI=1S/C11H16ClN3O4S2/c1-3-4-9-15(8(6-20-9)11(16)17)21(18,19)10-7(12)5-13-14(10)2/h5,8-9H,3-4,6H2,1-2H3,(H,16,17). The summed E-state index contributed by atoms with van der Waals surface area (Å²) in [5.74, 6) is -0.919. The summed E-state index contributed by atoms with van der Waals surface area (Å²) in [5, 5.41) is 12.5. The van der Waals surface area contributed by atoms with E-state index in [0.717, 1.165) is 15.4 Å². The lowest BCUT2D eigenvalue weighted by atomic mass is 10.3. The van der Waals surface area contributed by atoms with Crippen LogP contribution in [0.1, 0.15) is 19.8 Å². The van der Waals surface area contributed by atoms with Gasteiger partial charge in [-0.25, -0.2) is 8.42 Å². The Balaban J connectivity index is 2.50. The fraction of sp³-hybridized carbons (Fsp3) is 0.636. The van der Waals surface area contributed by atoms with E-state index < -0.39 is 27.4 Å². The Hall–Kier alpha value is -0.770. The van der Waals surface area contributed by atoms with Gasteiger partial charge in [-0.3, -0.25) is 9.48 Å². The molecule has 0 aliphatic carbocycles. The van der Waals surface area contributed by atoms with Crippen molar-refractivity contribution in [3.63, 3.8) is 0 Å². The van der Waals surface area contributed by atoms with Crippen LogP contribution in [0.3, 0.4) is 0 Å². The molecule has 2 unspecified atom stereocenters. The lowest BCUT2D eigenvalue weighted by molar-refractivity contribution is -0.140. The summed E-state index contributed by atoms with van der Waals surface area (Å²) in [4.78, 5) is 11.4. The van der Waals surface area contributed by atoms with Crippen molar-refractivity contribution in [2.45, 2.75) is 36.2 Å². The lowest BCUT2D eigenvalue weighted by Crippen LogP contribution is -2.46. The molecular formula is C11H16ClN3O4S2. The Morgan fingerprint density at radius 3 is 2.76 bits per heavy atom. The van der Waals surface area contributed by atoms with Gasteiger partial charge >= 0.3 is 5.97 Å². The third-order valence-corrected chi connectivity index (χ3v) is 7.14. The zero-order valence-corrected chi connectivity index (χ0v) is 14.0. The molecule has 10 heteroatoms. The minimum Gasteiger partial charge on any atom is -0.480 e. The number of aromatic nitrogens is 2. The van der Waals surface area contributed by atoms with Gasteiger partial charge in [-0.2, -0.15) is 9.40 Å². The monoisotopic (exact) mass is 353 g/mol. The van der Waals surface area contributed by atoms with Gasteiger partial charge in [0.1, 0.15) is 6.04 Å². The fourth-order valence-electron chi connectivity index (χ4n) is 2.30. The second-order valence-corrected chi connectivity index (χ2v) is 8.06. The number of carboxylic acids is 1. The van der Waals surface area contributed by atoms with Crippen molar-refractivity contribution < 1.29 is 18.3 Å². The van der Waals surface area contributed by atoms with Crippen LogP contribution in [-0.4, -0.2) is 50.7 Å². The molecule has 7 nitrogen and oxygen atoms in total. The Kier molecular flexibility index (Phi) is 4.86. The number of carboxylic acid groups (broad SMARTS) is 1. The molecule has 1 saturated heterocycles. The smallest absolute Gasteiger partial charge is 0.322 e. The van der Waals surface area contributed by atoms with Crippen molar-refractivity contribution in [3.8, 4) is 0 Å². The summed E-state index contributed by atoms with van der Waals surface area (Å²) in [6, 6.07) is -1.08. The van der Waals surface area contributed by atoms with Gasteiger partial charge in [0, 0.05) is 12.8 Å². The average molecular weight is 354 g/mol. The summed E-state index contributed by atoms with van der Waals surface area (Å²) in [5.41, 5.74) is 0. The maximum absolute atomic E-state index is 12.8. The van der Waals surface area contributed by atoms with E-state index in [1.165, 1.54) is 25.0 Å². The van der Waals surface area contributed by atoms with Gasteiger partial charge < -0.3 is 5.11 Å². The van der Waals surface area contributed by atoms with E-state index in [-0.39, 0.29) is 15.8 Å². The highest BCUT2D eigenvalue weighted by atomic mass is 35.5. The molecule has 0 spiro atoms. The van der Waals surface area contributed by atoms with Crippen LogP contribution in [0, 0.1) is 0 Å². The summed E-state index contributed by atoms with van der Waals surface area (Å²) >= 11 is 7.26. The van der Waals surface area contributed by atoms with Gasteiger partial charge in [-0.1, -0.05) is 24.9 Å². The van der Waals surface area contributed by atoms with Crippen molar-refractivity contribution in [3.05, 3.63) is 11.2 Å². The van der Waals surface area contributed by atoms with Gasteiger partial charge in [0.05, 0.1) is 16.6 Å². The molecule has 0 saturated carbocycles. The number of carbonyl (C=O) groups is 1. The molecule has 0 radical (unpaired) electrons. The summed E-state index contributed by atoms with van der Waals surface area (Å²) < 4.78 is 27.9. The first kappa shape index (κ1) is 16.6. The predicted molar refractivity (Wildman–Crippen MR) is 79.8 cm³/mol. The normalized spacial score (nSPS) is 23.6. The van der Waals surface area contributed by atoms with Crippen LogP contribution < -0.4 is 0 Å². The first-order chi connectivity index (χ1) is 9.80. The summed E-state index contributed by atoms with van der Waals surface area (Å²) in [6.07, 6.45) is 2.58. The van der Waals surface area contributed by atoms with E-state index in [1.807, 2.05) is 6.92 Å². The largest absolute Gasteiger partial charge is 0.480 e. The van der Waals surface area contributed by atoms with E-state index in [1.54, 1.807) is 0 Å². The number of thioether (sulfide) groups is 1. The molecule has 2 atom stereocenters. The van der Waals surface area contributed by atoms with Crippen molar-refractivity contribution in [1.82, 2.24) is 14.1 Å². The van der Waals surface area contributed by atoms with Gasteiger partial charge in [-0.15, -0.1) is 11.8 Å². The number of hydrogen-bond donors (Lipinski definition) is 1. The average Bonchev–Trinajstić information content (AvgIpc) is 2.94. The Morgan fingerprint density at radius 1 is 1.62 bits per heavy atom. The molecule has 2 rings (SSSR count). The van der Waals surface area contributed by atoms with Crippen LogP contribution in [0.25, 0.3) is 0 Å².